The van der Waals surface area contributed by atoms with Crippen LogP contribution in [0.15, 0.2) is 0 Å². The van der Waals surface area contributed by atoms with Crippen LogP contribution >= 0.6 is 0 Å². The second-order valence-corrected chi connectivity index (χ2v) is 2.06. The molecule has 0 radical (unpaired) electrons. The molecule has 40 valence electrons. The maximum absolute atomic E-state index is 2.39. The summed E-state index contributed by atoms with van der Waals surface area (Å²) in [5, 5.41) is 0. The Morgan fingerprint density at radius 2 is 2.43 bits per heavy atom. The first-order valence-corrected chi connectivity index (χ1v) is 2.92. The maximum atomic E-state index is 2.39. The van der Waals surface area contributed by atoms with E-state index in [1.807, 2.05) is 0 Å². The predicted octanol–water partition coefficient (Wildman–Crippen LogP) is 0.883. The third-order valence-electron chi connectivity index (χ3n) is 1.67. The predicted molar refractivity (Wildman–Crippen MR) is 31.0 cm³/mol. The molecule has 1 rings (SSSR count). The Bertz CT molecular complexity index is 103. The topological polar surface area (TPSA) is 3.01 Å². The minimum Gasteiger partial charge on any atom is -0.237 e. The van der Waals surface area contributed by atoms with Gasteiger partial charge in [0.25, 0.3) is 0 Å². The van der Waals surface area contributed by atoms with Crippen LogP contribution in [0.3, 0.4) is 0 Å². The first-order valence-electron chi connectivity index (χ1n) is 2.92. The summed E-state index contributed by atoms with van der Waals surface area (Å²) in [6, 6.07) is 0. The lowest BCUT2D eigenvalue weighted by molar-refractivity contribution is -0.549. The summed E-state index contributed by atoms with van der Waals surface area (Å²) in [5.41, 5.74) is 1.56. The van der Waals surface area contributed by atoms with Gasteiger partial charge in [-0.1, -0.05) is 0 Å². The van der Waals surface area contributed by atoms with Gasteiger partial charge in [0.1, 0.15) is 6.54 Å². The average molecular weight is 98.2 g/mol. The van der Waals surface area contributed by atoms with Crippen molar-refractivity contribution in [1.82, 2.24) is 0 Å². The van der Waals surface area contributed by atoms with E-state index >= 15 is 0 Å². The van der Waals surface area contributed by atoms with Gasteiger partial charge in [0.05, 0.1) is 6.42 Å². The van der Waals surface area contributed by atoms with Crippen molar-refractivity contribution in [2.75, 3.05) is 13.1 Å². The molecule has 1 aliphatic rings. The van der Waals surface area contributed by atoms with Crippen LogP contribution in [0, 0.1) is 0 Å². The molecule has 0 fully saturated rings. The molecule has 1 nitrogen and oxygen atoms in total. The second kappa shape index (κ2) is 1.65. The van der Waals surface area contributed by atoms with Crippen molar-refractivity contribution in [3.63, 3.8) is 0 Å². The molecule has 0 amide bonds. The minimum atomic E-state index is 1.20. The number of hydrogen-bond acceptors (Lipinski definition) is 0. The van der Waals surface area contributed by atoms with Crippen molar-refractivity contribution in [2.45, 2.75) is 20.3 Å². The van der Waals surface area contributed by atoms with Crippen LogP contribution in [0.1, 0.15) is 20.3 Å². The molecule has 0 aliphatic carbocycles. The van der Waals surface area contributed by atoms with Gasteiger partial charge in [-0.3, -0.25) is 0 Å². The summed E-state index contributed by atoms with van der Waals surface area (Å²) < 4.78 is 2.39. The second-order valence-electron chi connectivity index (χ2n) is 2.06. The van der Waals surface area contributed by atoms with E-state index in [1.165, 1.54) is 19.5 Å². The van der Waals surface area contributed by atoms with E-state index in [0.717, 1.165) is 0 Å². The third kappa shape index (κ3) is 0.671. The molecule has 0 N–H and O–H groups in total. The summed E-state index contributed by atoms with van der Waals surface area (Å²) in [7, 11) is 0. The third-order valence-corrected chi connectivity index (χ3v) is 1.67. The lowest BCUT2D eigenvalue weighted by Gasteiger charge is -2.11. The average Bonchev–Trinajstić information content (AvgIpc) is 1.65. The maximum Gasteiger partial charge on any atom is 0.155 e. The van der Waals surface area contributed by atoms with Crippen LogP contribution in [0.25, 0.3) is 0 Å². The van der Waals surface area contributed by atoms with Crippen molar-refractivity contribution in [3.05, 3.63) is 0 Å². The summed E-state index contributed by atoms with van der Waals surface area (Å²) in [5.74, 6) is 0. The van der Waals surface area contributed by atoms with Crippen LogP contribution in [-0.4, -0.2) is 23.4 Å². The highest BCUT2D eigenvalue weighted by Gasteiger charge is 2.17. The molecular formula is C6H12N+. The number of rotatable bonds is 1. The molecule has 7 heavy (non-hydrogen) atoms. The SMILES string of the molecule is CC[N+]1=C(C)CC1. The van der Waals surface area contributed by atoms with E-state index in [0.29, 0.717) is 0 Å². The summed E-state index contributed by atoms with van der Waals surface area (Å²) in [6.07, 6.45) is 1.33. The molecule has 1 aliphatic heterocycles. The van der Waals surface area contributed by atoms with Crippen LogP contribution in [-0.2, 0) is 0 Å². The molecule has 0 aromatic heterocycles. The summed E-state index contributed by atoms with van der Waals surface area (Å²) in [4.78, 5) is 0. The van der Waals surface area contributed by atoms with Crippen LogP contribution in [0.2, 0.25) is 0 Å². The first kappa shape index (κ1) is 4.82. The Kier molecular flexibility index (Phi) is 1.13. The minimum absolute atomic E-state index is 1.20. The highest BCUT2D eigenvalue weighted by molar-refractivity contribution is 5.79. The molecule has 1 heterocycles. The van der Waals surface area contributed by atoms with Crippen molar-refractivity contribution >= 4 is 5.71 Å². The van der Waals surface area contributed by atoms with E-state index in [4.69, 9.17) is 0 Å². The normalized spacial score (nSPS) is 19.7. The van der Waals surface area contributed by atoms with Gasteiger partial charge in [-0.15, -0.1) is 0 Å². The Morgan fingerprint density at radius 3 is 2.43 bits per heavy atom. The fraction of sp³-hybridized carbons (Fsp3) is 0.833. The van der Waals surface area contributed by atoms with Crippen LogP contribution < -0.4 is 0 Å². The zero-order chi connectivity index (χ0) is 5.28. The zero-order valence-electron chi connectivity index (χ0n) is 5.07. The molecule has 0 aromatic rings. The van der Waals surface area contributed by atoms with Gasteiger partial charge in [0.15, 0.2) is 12.3 Å². The van der Waals surface area contributed by atoms with Gasteiger partial charge < -0.3 is 0 Å². The molecule has 0 spiro atoms. The molecule has 0 aromatic carbocycles. The molecule has 0 atom stereocenters. The van der Waals surface area contributed by atoms with Gasteiger partial charge in [-0.05, 0) is 6.92 Å². The number of nitrogens with zero attached hydrogens (tertiary/aromatic N) is 1. The zero-order valence-corrected chi connectivity index (χ0v) is 5.07. The van der Waals surface area contributed by atoms with Crippen molar-refractivity contribution in [1.29, 1.82) is 0 Å². The number of hydrogen-bond donors (Lipinski definition) is 0. The van der Waals surface area contributed by atoms with Crippen molar-refractivity contribution in [3.8, 4) is 0 Å². The molecule has 0 saturated heterocycles. The quantitative estimate of drug-likeness (QED) is 0.428. The van der Waals surface area contributed by atoms with Crippen molar-refractivity contribution < 1.29 is 4.58 Å². The molecule has 0 saturated carbocycles. The van der Waals surface area contributed by atoms with Crippen molar-refractivity contribution in [2.24, 2.45) is 0 Å². The molecule has 1 heteroatoms. The Morgan fingerprint density at radius 1 is 1.71 bits per heavy atom. The van der Waals surface area contributed by atoms with E-state index < -0.39 is 0 Å². The fourth-order valence-electron chi connectivity index (χ4n) is 0.922. The Labute approximate surface area is 44.7 Å². The van der Waals surface area contributed by atoms with E-state index in [-0.39, 0.29) is 0 Å². The molecular weight excluding hydrogens is 86.1 g/mol. The largest absolute Gasteiger partial charge is 0.237 e. The lowest BCUT2D eigenvalue weighted by atomic mass is 10.2. The highest BCUT2D eigenvalue weighted by atomic mass is 15.0. The van der Waals surface area contributed by atoms with Gasteiger partial charge in [-0.2, -0.15) is 0 Å². The Balaban J connectivity index is 2.53. The smallest absolute Gasteiger partial charge is 0.155 e. The standard InChI is InChI=1S/C6H12N/c1-3-7-5-4-6(7)2/h3-5H2,1-2H3/q+1. The van der Waals surface area contributed by atoms with Gasteiger partial charge in [-0.25, -0.2) is 4.58 Å². The fourth-order valence-corrected chi connectivity index (χ4v) is 0.922. The monoisotopic (exact) mass is 98.1 g/mol. The van der Waals surface area contributed by atoms with Gasteiger partial charge in [0, 0.05) is 6.92 Å². The first-order chi connectivity index (χ1) is 3.34. The van der Waals surface area contributed by atoms with Gasteiger partial charge in [0.2, 0.25) is 0 Å². The lowest BCUT2D eigenvalue weighted by Crippen LogP contribution is -2.31. The Hall–Kier alpha value is -0.330. The summed E-state index contributed by atoms with van der Waals surface area (Å²) in [6.45, 7) is 6.89. The van der Waals surface area contributed by atoms with Gasteiger partial charge >= 0.3 is 0 Å². The summed E-state index contributed by atoms with van der Waals surface area (Å²) >= 11 is 0. The highest BCUT2D eigenvalue weighted by Crippen LogP contribution is 1.98. The van der Waals surface area contributed by atoms with Crippen LogP contribution in [0.4, 0.5) is 0 Å². The molecule has 0 unspecified atom stereocenters. The van der Waals surface area contributed by atoms with Crippen LogP contribution in [0.5, 0.6) is 0 Å². The van der Waals surface area contributed by atoms with E-state index in [1.54, 1.807) is 5.71 Å². The van der Waals surface area contributed by atoms with E-state index in [2.05, 4.69) is 18.4 Å². The molecule has 0 bridgehead atoms. The van der Waals surface area contributed by atoms with E-state index in [9.17, 15) is 0 Å².